The summed E-state index contributed by atoms with van der Waals surface area (Å²) in [6, 6.07) is 10.2. The molecule has 15 atom stereocenters. The van der Waals surface area contributed by atoms with Gasteiger partial charge in [-0.2, -0.15) is 0 Å². The number of carbonyl (C=O) groups excluding carboxylic acids is 2. The summed E-state index contributed by atoms with van der Waals surface area (Å²) in [6.45, 7) is -2.70. The summed E-state index contributed by atoms with van der Waals surface area (Å²) in [5.41, 5.74) is -1.55. The quantitative estimate of drug-likeness (QED) is 0.0308. The van der Waals surface area contributed by atoms with E-state index in [0.717, 1.165) is 42.5 Å². The topological polar surface area (TPSA) is 458 Å². The van der Waals surface area contributed by atoms with Crippen molar-refractivity contribution in [2.24, 2.45) is 0 Å². The summed E-state index contributed by atoms with van der Waals surface area (Å²) in [7, 11) is 5.10. The highest BCUT2D eigenvalue weighted by molar-refractivity contribution is 5.89. The molecule has 460 valence electrons. The van der Waals surface area contributed by atoms with Gasteiger partial charge in [-0.15, -0.1) is 0 Å². The van der Waals surface area contributed by atoms with Gasteiger partial charge in [0.1, 0.15) is 96.2 Å². The molecule has 0 saturated carbocycles. The molecular weight excluding hydrogens is 1140 g/mol. The van der Waals surface area contributed by atoms with Crippen LogP contribution in [0.3, 0.4) is 0 Å². The van der Waals surface area contributed by atoms with Crippen LogP contribution < -0.4 is 38.6 Å². The van der Waals surface area contributed by atoms with Crippen LogP contribution in [-0.4, -0.2) is 224 Å². The second-order valence-electron chi connectivity index (χ2n) is 19.1. The van der Waals surface area contributed by atoms with Gasteiger partial charge in [-0.1, -0.05) is 0 Å². The lowest BCUT2D eigenvalue weighted by Gasteiger charge is -2.41. The molecule has 3 saturated heterocycles. The molecule has 3 fully saturated rings. The minimum absolute atomic E-state index is 0.0117. The monoisotopic (exact) mass is 1200 g/mol. The van der Waals surface area contributed by atoms with Crippen molar-refractivity contribution >= 4 is 35.1 Å². The molecule has 0 amide bonds. The molecule has 8 rings (SSSR count). The van der Waals surface area contributed by atoms with E-state index in [9.17, 15) is 85.9 Å². The second kappa shape index (κ2) is 26.8. The number of methoxy groups -OCH3 is 4. The SMILES string of the molecule is COc1cc(C=CC(=O)OC[C@@H]2O[C@H](Oc3cc(-c4oc5cc(O)cc(O)c5c(=O)c4O[C@H]4O[C@@H](CO)[C@H](O)[C@@H](O)[C@@H]4OC(=O)C=Cc4cc(OC)c(O)c(OC)c4)ccc3O[C@H]3O[C@@H](CO)[C@H](O)[C@@H](O)[C@@H]3O)[C@@H](O)[C@H](O)[C@H]2O)cc(OC)c1O. The molecule has 5 aromatic rings. The van der Waals surface area contributed by atoms with Gasteiger partial charge in [0.15, 0.2) is 46.4 Å². The van der Waals surface area contributed by atoms with Crippen LogP contribution in [0.2, 0.25) is 0 Å². The summed E-state index contributed by atoms with van der Waals surface area (Å²) in [4.78, 5) is 41.2. The minimum atomic E-state index is -2.17. The maximum atomic E-state index is 14.7. The first-order valence-electron chi connectivity index (χ1n) is 25.5. The number of hydrogen-bond acceptors (Lipinski definition) is 30. The number of carbonyl (C=O) groups is 2. The van der Waals surface area contributed by atoms with Gasteiger partial charge in [0.25, 0.3) is 0 Å². The summed E-state index contributed by atoms with van der Waals surface area (Å²) in [5.74, 6) is -7.22. The van der Waals surface area contributed by atoms with E-state index in [1.54, 1.807) is 0 Å². The van der Waals surface area contributed by atoms with E-state index >= 15 is 0 Å². The molecule has 0 aliphatic carbocycles. The number of fused-ring (bicyclic) bond motifs is 1. The van der Waals surface area contributed by atoms with E-state index in [1.807, 2.05) is 0 Å². The summed E-state index contributed by atoms with van der Waals surface area (Å²) in [6.07, 6.45) is -25.1. The van der Waals surface area contributed by atoms with E-state index in [1.165, 1.54) is 64.9 Å². The lowest BCUT2D eigenvalue weighted by molar-refractivity contribution is -0.282. The molecule has 4 aromatic carbocycles. The van der Waals surface area contributed by atoms with E-state index < -0.39 is 175 Å². The molecular formula is C55H60O30. The van der Waals surface area contributed by atoms with Crippen LogP contribution in [0.25, 0.3) is 34.4 Å². The Morgan fingerprint density at radius 2 is 1.01 bits per heavy atom. The summed E-state index contributed by atoms with van der Waals surface area (Å²) in [5, 5.41) is 150. The molecule has 0 radical (unpaired) electrons. The zero-order valence-corrected chi connectivity index (χ0v) is 45.1. The van der Waals surface area contributed by atoms with Crippen LogP contribution in [0, 0.1) is 0 Å². The predicted molar refractivity (Wildman–Crippen MR) is 283 cm³/mol. The Bertz CT molecular complexity index is 3270. The third kappa shape index (κ3) is 13.4. The van der Waals surface area contributed by atoms with Crippen molar-refractivity contribution in [3.05, 3.63) is 88.1 Å². The molecule has 14 N–H and O–H groups in total. The van der Waals surface area contributed by atoms with Crippen LogP contribution in [0.5, 0.6) is 63.2 Å². The fourth-order valence-electron chi connectivity index (χ4n) is 9.10. The smallest absolute Gasteiger partial charge is 0.331 e. The van der Waals surface area contributed by atoms with Gasteiger partial charge in [0, 0.05) is 29.8 Å². The van der Waals surface area contributed by atoms with Crippen molar-refractivity contribution in [2.75, 3.05) is 48.3 Å². The number of rotatable bonds is 20. The Balaban J connectivity index is 1.17. The van der Waals surface area contributed by atoms with Crippen LogP contribution in [0.1, 0.15) is 11.1 Å². The van der Waals surface area contributed by atoms with E-state index in [2.05, 4.69) is 0 Å². The highest BCUT2D eigenvalue weighted by Gasteiger charge is 2.50. The van der Waals surface area contributed by atoms with Gasteiger partial charge in [-0.05, 0) is 65.7 Å². The highest BCUT2D eigenvalue weighted by atomic mass is 16.7. The first kappa shape index (κ1) is 62.8. The molecule has 30 heteroatoms. The first-order valence-corrected chi connectivity index (χ1v) is 25.5. The number of hydrogen-bond donors (Lipinski definition) is 14. The minimum Gasteiger partial charge on any atom is -0.508 e. The van der Waals surface area contributed by atoms with Gasteiger partial charge >= 0.3 is 11.9 Å². The third-order valence-corrected chi connectivity index (χ3v) is 13.7. The fourth-order valence-corrected chi connectivity index (χ4v) is 9.10. The van der Waals surface area contributed by atoms with Crippen molar-refractivity contribution < 1.29 is 142 Å². The molecule has 3 aliphatic rings. The molecule has 0 spiro atoms. The maximum absolute atomic E-state index is 14.7. The van der Waals surface area contributed by atoms with Crippen molar-refractivity contribution in [1.82, 2.24) is 0 Å². The maximum Gasteiger partial charge on any atom is 0.331 e. The zero-order valence-electron chi connectivity index (χ0n) is 45.1. The second-order valence-corrected chi connectivity index (χ2v) is 19.1. The van der Waals surface area contributed by atoms with E-state index in [-0.39, 0.29) is 45.6 Å². The van der Waals surface area contributed by atoms with Crippen LogP contribution in [0.4, 0.5) is 0 Å². The molecule has 4 heterocycles. The Morgan fingerprint density at radius 1 is 0.529 bits per heavy atom. The van der Waals surface area contributed by atoms with Crippen LogP contribution in [0.15, 0.2) is 76.0 Å². The third-order valence-electron chi connectivity index (χ3n) is 13.7. The predicted octanol–water partition coefficient (Wildman–Crippen LogP) is -1.62. The molecule has 3 aliphatic heterocycles. The lowest BCUT2D eigenvalue weighted by Crippen LogP contribution is -2.61. The number of aliphatic hydroxyl groups is 10. The number of phenols is 4. The average molecular weight is 1200 g/mol. The summed E-state index contributed by atoms with van der Waals surface area (Å²) >= 11 is 0. The number of aromatic hydroxyl groups is 4. The zero-order chi connectivity index (χ0) is 61.7. The largest absolute Gasteiger partial charge is 0.508 e. The normalized spacial score (nSPS) is 27.8. The summed E-state index contributed by atoms with van der Waals surface area (Å²) < 4.78 is 72.8. The Kier molecular flexibility index (Phi) is 19.8. The van der Waals surface area contributed by atoms with Crippen molar-refractivity contribution in [3.63, 3.8) is 0 Å². The Morgan fingerprint density at radius 3 is 1.54 bits per heavy atom. The highest BCUT2D eigenvalue weighted by Crippen LogP contribution is 2.43. The standard InChI is InChI=1S/C55H60O30/c1-73-29-11-21(12-30(74-2)39(29)62)5-9-36(60)77-20-35-43(66)46(69)49(72)54(83-35)80-27-15-23(7-8-26(27)79-53-48(71)45(68)41(64)33(18-56)81-53)50-51(44(67)38-25(59)16-24(58)17-28(38)78-50)85-55-52(47(70)42(65)34(19-57)82-55)84-37(61)10-6-22-13-31(75-3)40(63)32(14-22)76-4/h5-17,33-35,41-43,45-49,52-59,62-66,68-72H,18-20H2,1-4H3/t33-,34-,35-,41-,42-,43-,45+,46+,47+,48-,49-,52-,53-,54-,55+/m0/s1. The molecule has 30 nitrogen and oxygen atoms in total. The Hall–Kier alpha value is -8.21. The van der Waals surface area contributed by atoms with Gasteiger partial charge in [-0.3, -0.25) is 4.79 Å². The molecule has 85 heavy (non-hydrogen) atoms. The number of phenolic OH excluding ortho intramolecular Hbond substituents is 4. The Labute approximate surface area is 479 Å². The van der Waals surface area contributed by atoms with Crippen molar-refractivity contribution in [1.29, 1.82) is 0 Å². The van der Waals surface area contributed by atoms with Gasteiger partial charge in [0.05, 0.1) is 41.7 Å². The molecule has 0 bridgehead atoms. The number of benzene rings is 4. The first-order chi connectivity index (χ1) is 40.5. The molecule has 0 unspecified atom stereocenters. The van der Waals surface area contributed by atoms with E-state index in [0.29, 0.717) is 5.56 Å². The molecule has 1 aromatic heterocycles. The van der Waals surface area contributed by atoms with Gasteiger partial charge < -0.3 is 133 Å². The van der Waals surface area contributed by atoms with Gasteiger partial charge in [0.2, 0.25) is 41.5 Å². The van der Waals surface area contributed by atoms with Crippen LogP contribution >= 0.6 is 0 Å². The lowest BCUT2D eigenvalue weighted by atomic mass is 9.99. The number of esters is 2. The number of aliphatic hydroxyl groups excluding tert-OH is 10. The fraction of sp³-hybridized carbons (Fsp3) is 0.400. The van der Waals surface area contributed by atoms with Crippen molar-refractivity contribution in [2.45, 2.75) is 92.1 Å². The van der Waals surface area contributed by atoms with Gasteiger partial charge in [-0.25, -0.2) is 9.59 Å². The van der Waals surface area contributed by atoms with Crippen molar-refractivity contribution in [3.8, 4) is 74.6 Å². The number of ether oxygens (including phenoxy) is 12. The van der Waals surface area contributed by atoms with E-state index in [4.69, 9.17) is 61.3 Å². The average Bonchev–Trinajstić information content (AvgIpc) is 3.64. The van der Waals surface area contributed by atoms with Crippen LogP contribution in [-0.2, 0) is 33.3 Å².